The van der Waals surface area contributed by atoms with Crippen molar-refractivity contribution >= 4 is 17.2 Å². The second-order valence-electron chi connectivity index (χ2n) is 9.16. The van der Waals surface area contributed by atoms with Gasteiger partial charge in [0.1, 0.15) is 18.7 Å². The average molecular weight is 525 g/mol. The number of nitrogens with zero attached hydrogens (tertiary/aromatic N) is 7. The first-order valence-corrected chi connectivity index (χ1v) is 12.4. The maximum atomic E-state index is 6.09. The molecule has 1 N–H and O–H groups in total. The van der Waals surface area contributed by atoms with Crippen LogP contribution in [0.2, 0.25) is 5.02 Å². The van der Waals surface area contributed by atoms with Gasteiger partial charge in [0.25, 0.3) is 0 Å². The van der Waals surface area contributed by atoms with Crippen LogP contribution in [-0.4, -0.2) is 39.6 Å². The van der Waals surface area contributed by atoms with E-state index in [4.69, 9.17) is 31.2 Å². The van der Waals surface area contributed by atoms with E-state index in [9.17, 15) is 0 Å². The number of ether oxygens (including phenoxy) is 2. The molecule has 38 heavy (non-hydrogen) atoms. The molecule has 5 heterocycles. The van der Waals surface area contributed by atoms with E-state index in [2.05, 4.69) is 20.3 Å². The zero-order valence-corrected chi connectivity index (χ0v) is 21.2. The van der Waals surface area contributed by atoms with Gasteiger partial charge in [-0.05, 0) is 36.8 Å². The molecule has 0 radical (unpaired) electrons. The first-order chi connectivity index (χ1) is 18.5. The summed E-state index contributed by atoms with van der Waals surface area (Å²) in [4.78, 5) is 9.51. The number of nitrogens with one attached hydrogen (secondary N) is 1. The van der Waals surface area contributed by atoms with Gasteiger partial charge >= 0.3 is 0 Å². The Kier molecular flexibility index (Phi) is 5.15. The van der Waals surface area contributed by atoms with Crippen LogP contribution in [0.1, 0.15) is 33.9 Å². The third-order valence-electron chi connectivity index (χ3n) is 6.56. The van der Waals surface area contributed by atoms with Gasteiger partial charge in [-0.3, -0.25) is 9.78 Å². The van der Waals surface area contributed by atoms with Gasteiger partial charge in [-0.15, -0.1) is 10.2 Å². The SMILES string of the molecule is Cc1[nH]nc2c1C(c1cnn(C)c1)c1c(ncn3nc(-c4cccc(COc5cccc(Cl)c5)c4)nc13)O2. The van der Waals surface area contributed by atoms with Gasteiger partial charge < -0.3 is 9.47 Å². The highest BCUT2D eigenvalue weighted by Crippen LogP contribution is 2.48. The van der Waals surface area contributed by atoms with E-state index < -0.39 is 0 Å². The lowest BCUT2D eigenvalue weighted by molar-refractivity contribution is 0.306. The van der Waals surface area contributed by atoms with Gasteiger partial charge in [-0.1, -0.05) is 35.9 Å². The molecule has 0 saturated heterocycles. The minimum atomic E-state index is -0.216. The largest absolute Gasteiger partial charge is 0.489 e. The Labute approximate surface area is 221 Å². The Bertz CT molecular complexity index is 1820. The second-order valence-corrected chi connectivity index (χ2v) is 9.60. The van der Waals surface area contributed by atoms with Crippen molar-refractivity contribution in [1.29, 1.82) is 0 Å². The van der Waals surface area contributed by atoms with Crippen molar-refractivity contribution in [3.05, 3.63) is 100 Å². The number of aromatic amines is 1. The Morgan fingerprint density at radius 3 is 2.84 bits per heavy atom. The number of fused-ring (bicyclic) bond motifs is 4. The zero-order valence-electron chi connectivity index (χ0n) is 20.5. The van der Waals surface area contributed by atoms with E-state index in [-0.39, 0.29) is 5.92 Å². The first-order valence-electron chi connectivity index (χ1n) is 12.0. The second kappa shape index (κ2) is 8.70. The topological polar surface area (TPSA) is 108 Å². The van der Waals surface area contributed by atoms with E-state index in [0.29, 0.717) is 40.6 Å². The quantitative estimate of drug-likeness (QED) is 0.334. The lowest BCUT2D eigenvalue weighted by Crippen LogP contribution is -2.14. The van der Waals surface area contributed by atoms with Crippen molar-refractivity contribution in [2.45, 2.75) is 19.4 Å². The molecular weight excluding hydrogens is 504 g/mol. The molecule has 1 aliphatic rings. The van der Waals surface area contributed by atoms with E-state index >= 15 is 0 Å². The minimum absolute atomic E-state index is 0.216. The summed E-state index contributed by atoms with van der Waals surface area (Å²) < 4.78 is 15.5. The standard InChI is InChI=1S/C27H21ClN8O2/c1-15-21-22(18-11-30-35(2)12-18)23-25-31-24(34-36(25)14-29-26(23)38-27(21)33-32-15)17-6-3-5-16(9-17)13-37-20-8-4-7-19(28)10-20/h3-12,14,22H,13H2,1-2H3,(H,32,33). The van der Waals surface area contributed by atoms with Gasteiger partial charge in [0.15, 0.2) is 11.5 Å². The van der Waals surface area contributed by atoms with Crippen LogP contribution >= 0.6 is 11.6 Å². The van der Waals surface area contributed by atoms with Crippen molar-refractivity contribution < 1.29 is 9.47 Å². The number of rotatable bonds is 5. The number of hydrogen-bond donors (Lipinski definition) is 1. The fourth-order valence-corrected chi connectivity index (χ4v) is 5.01. The highest BCUT2D eigenvalue weighted by atomic mass is 35.5. The highest BCUT2D eigenvalue weighted by molar-refractivity contribution is 6.30. The number of aromatic nitrogens is 8. The molecule has 0 saturated carbocycles. The monoisotopic (exact) mass is 524 g/mol. The van der Waals surface area contributed by atoms with E-state index in [1.54, 1.807) is 21.6 Å². The van der Waals surface area contributed by atoms with E-state index in [0.717, 1.165) is 33.5 Å². The van der Waals surface area contributed by atoms with Crippen LogP contribution < -0.4 is 9.47 Å². The summed E-state index contributed by atoms with van der Waals surface area (Å²) >= 11 is 6.08. The lowest BCUT2D eigenvalue weighted by Gasteiger charge is -2.24. The molecular formula is C27H21ClN8O2. The maximum Gasteiger partial charge on any atom is 0.244 e. The highest BCUT2D eigenvalue weighted by Gasteiger charge is 2.37. The normalized spacial score (nSPS) is 14.2. The summed E-state index contributed by atoms with van der Waals surface area (Å²) in [6, 6.07) is 15.3. The van der Waals surface area contributed by atoms with Gasteiger partial charge in [-0.2, -0.15) is 5.10 Å². The molecule has 2 aromatic carbocycles. The molecule has 188 valence electrons. The third kappa shape index (κ3) is 3.77. The van der Waals surface area contributed by atoms with Crippen LogP contribution in [0.25, 0.3) is 17.0 Å². The number of benzene rings is 2. The van der Waals surface area contributed by atoms with Crippen LogP contribution in [0.5, 0.6) is 17.5 Å². The molecule has 0 bridgehead atoms. The summed E-state index contributed by atoms with van der Waals surface area (Å²) in [5.74, 6) is 2.03. The zero-order chi connectivity index (χ0) is 25.8. The van der Waals surface area contributed by atoms with E-state index in [1.165, 1.54) is 0 Å². The molecule has 10 nitrogen and oxygen atoms in total. The number of aryl methyl sites for hydroxylation is 2. The van der Waals surface area contributed by atoms with E-state index in [1.807, 2.05) is 68.8 Å². The summed E-state index contributed by atoms with van der Waals surface area (Å²) in [7, 11) is 1.89. The number of H-pyrrole nitrogens is 1. The number of hydrogen-bond acceptors (Lipinski definition) is 7. The van der Waals surface area contributed by atoms with Gasteiger partial charge in [0, 0.05) is 40.7 Å². The van der Waals surface area contributed by atoms with Gasteiger partial charge in [0.05, 0.1) is 17.7 Å². The Morgan fingerprint density at radius 1 is 1.11 bits per heavy atom. The van der Waals surface area contributed by atoms with Crippen LogP contribution in [0.15, 0.2) is 67.3 Å². The fourth-order valence-electron chi connectivity index (χ4n) is 4.83. The molecule has 6 aromatic rings. The summed E-state index contributed by atoms with van der Waals surface area (Å²) in [5.41, 5.74) is 6.16. The molecule has 1 aliphatic heterocycles. The summed E-state index contributed by atoms with van der Waals surface area (Å²) in [6.45, 7) is 2.36. The van der Waals surface area contributed by atoms with Crippen LogP contribution in [0.4, 0.5) is 0 Å². The fraction of sp³-hybridized carbons (Fsp3) is 0.148. The van der Waals surface area contributed by atoms with Crippen molar-refractivity contribution in [3.8, 4) is 28.9 Å². The Balaban J connectivity index is 1.29. The summed E-state index contributed by atoms with van der Waals surface area (Å²) in [6.07, 6.45) is 5.45. The molecule has 4 aromatic heterocycles. The van der Waals surface area contributed by atoms with Crippen molar-refractivity contribution in [2.75, 3.05) is 0 Å². The molecule has 0 spiro atoms. The first kappa shape index (κ1) is 22.5. The van der Waals surface area contributed by atoms with Gasteiger partial charge in [0.2, 0.25) is 11.8 Å². The Hall–Kier alpha value is -4.70. The Morgan fingerprint density at radius 2 is 2.00 bits per heavy atom. The molecule has 0 amide bonds. The van der Waals surface area contributed by atoms with Gasteiger partial charge in [-0.25, -0.2) is 14.5 Å². The molecule has 1 unspecified atom stereocenters. The average Bonchev–Trinajstić information content (AvgIpc) is 3.65. The molecule has 11 heteroatoms. The van der Waals surface area contributed by atoms with Crippen molar-refractivity contribution in [1.82, 2.24) is 39.6 Å². The smallest absolute Gasteiger partial charge is 0.244 e. The minimum Gasteiger partial charge on any atom is -0.489 e. The predicted octanol–water partition coefficient (Wildman–Crippen LogP) is 5.07. The molecule has 1 atom stereocenters. The van der Waals surface area contributed by atoms with Crippen LogP contribution in [-0.2, 0) is 13.7 Å². The third-order valence-corrected chi connectivity index (χ3v) is 6.80. The lowest BCUT2D eigenvalue weighted by atomic mass is 9.86. The van der Waals surface area contributed by atoms with Crippen molar-refractivity contribution in [2.24, 2.45) is 7.05 Å². The predicted molar refractivity (Wildman–Crippen MR) is 140 cm³/mol. The summed E-state index contributed by atoms with van der Waals surface area (Å²) in [5, 5.41) is 17.2. The molecule has 0 aliphatic carbocycles. The van der Waals surface area contributed by atoms with Crippen LogP contribution in [0.3, 0.4) is 0 Å². The number of halogens is 1. The molecule has 0 fully saturated rings. The van der Waals surface area contributed by atoms with Crippen molar-refractivity contribution in [3.63, 3.8) is 0 Å². The molecule has 7 rings (SSSR count). The van der Waals surface area contributed by atoms with Crippen LogP contribution in [0, 0.1) is 6.92 Å². The maximum absolute atomic E-state index is 6.09.